The highest BCUT2D eigenvalue weighted by molar-refractivity contribution is 6.30. The lowest BCUT2D eigenvalue weighted by molar-refractivity contribution is 0.0932. The molecular weight excluding hydrogens is 396 g/mol. The molecule has 4 nitrogen and oxygen atoms in total. The summed E-state index contributed by atoms with van der Waals surface area (Å²) in [7, 11) is 0. The van der Waals surface area contributed by atoms with Crippen molar-refractivity contribution in [3.8, 4) is 0 Å². The monoisotopic (exact) mass is 415 g/mol. The molecule has 150 valence electrons. The van der Waals surface area contributed by atoms with E-state index in [0.29, 0.717) is 39.4 Å². The summed E-state index contributed by atoms with van der Waals surface area (Å²) in [5.41, 5.74) is 1.71. The topological polar surface area (TPSA) is 46.9 Å². The number of imidazole rings is 1. The van der Waals surface area contributed by atoms with Gasteiger partial charge in [0.05, 0.1) is 17.4 Å². The zero-order valence-corrected chi connectivity index (χ0v) is 16.5. The van der Waals surface area contributed by atoms with Crippen LogP contribution in [-0.2, 0) is 0 Å². The van der Waals surface area contributed by atoms with Gasteiger partial charge in [0.15, 0.2) is 11.6 Å². The maximum atomic E-state index is 13.7. The van der Waals surface area contributed by atoms with Crippen molar-refractivity contribution in [2.75, 3.05) is 0 Å². The molecule has 2 aromatic carbocycles. The first-order valence-electron chi connectivity index (χ1n) is 9.80. The summed E-state index contributed by atoms with van der Waals surface area (Å²) in [5.74, 6) is -0.298. The van der Waals surface area contributed by atoms with Crippen LogP contribution < -0.4 is 5.32 Å². The lowest BCUT2D eigenvalue weighted by Crippen LogP contribution is -2.35. The number of aromatic nitrogens is 2. The van der Waals surface area contributed by atoms with Gasteiger partial charge in [-0.3, -0.25) is 4.79 Å². The van der Waals surface area contributed by atoms with Gasteiger partial charge in [-0.05, 0) is 61.8 Å². The van der Waals surface area contributed by atoms with Crippen LogP contribution in [0.4, 0.5) is 8.78 Å². The molecule has 0 bridgehead atoms. The van der Waals surface area contributed by atoms with Gasteiger partial charge in [-0.25, -0.2) is 13.8 Å². The van der Waals surface area contributed by atoms with Crippen LogP contribution in [0.15, 0.2) is 42.7 Å². The van der Waals surface area contributed by atoms with Crippen molar-refractivity contribution in [2.45, 2.75) is 31.8 Å². The molecule has 0 aliphatic heterocycles. The van der Waals surface area contributed by atoms with E-state index < -0.39 is 11.6 Å². The molecule has 1 N–H and O–H groups in total. The number of rotatable bonds is 4. The van der Waals surface area contributed by atoms with Gasteiger partial charge in [0.25, 0.3) is 5.91 Å². The SMILES string of the molecule is C[C@@H](NC(=O)c1ccc(Cl)cc1)C1[C@H]2CC(n3cnc4cc(F)c(F)cc43)C[C@@H]12. The first-order chi connectivity index (χ1) is 13.9. The van der Waals surface area contributed by atoms with Crippen LogP contribution in [-0.4, -0.2) is 21.5 Å². The van der Waals surface area contributed by atoms with Gasteiger partial charge in [0, 0.05) is 34.8 Å². The highest BCUT2D eigenvalue weighted by Crippen LogP contribution is 2.62. The Morgan fingerprint density at radius 3 is 2.52 bits per heavy atom. The second-order valence-corrected chi connectivity index (χ2v) is 8.64. The molecule has 1 heterocycles. The first-order valence-corrected chi connectivity index (χ1v) is 10.2. The van der Waals surface area contributed by atoms with E-state index in [0.717, 1.165) is 18.9 Å². The lowest BCUT2D eigenvalue weighted by atomic mass is 10.0. The second-order valence-electron chi connectivity index (χ2n) is 8.21. The van der Waals surface area contributed by atoms with Crippen LogP contribution in [0.3, 0.4) is 0 Å². The van der Waals surface area contributed by atoms with Crippen LogP contribution in [0, 0.1) is 29.4 Å². The average Bonchev–Trinajstić information content (AvgIpc) is 3.00. The highest BCUT2D eigenvalue weighted by Gasteiger charge is 2.58. The Labute approximate surface area is 171 Å². The summed E-state index contributed by atoms with van der Waals surface area (Å²) in [4.78, 5) is 16.7. The third kappa shape index (κ3) is 3.19. The highest BCUT2D eigenvalue weighted by atomic mass is 35.5. The second kappa shape index (κ2) is 6.80. The molecule has 2 aliphatic rings. The van der Waals surface area contributed by atoms with Crippen molar-refractivity contribution in [2.24, 2.45) is 17.8 Å². The molecule has 3 aromatic rings. The molecule has 2 aliphatic carbocycles. The molecule has 7 heteroatoms. The number of nitrogens with zero attached hydrogens (tertiary/aromatic N) is 2. The van der Waals surface area contributed by atoms with Crippen molar-refractivity contribution in [1.82, 2.24) is 14.9 Å². The zero-order chi connectivity index (χ0) is 20.3. The molecule has 2 saturated carbocycles. The molecule has 2 fully saturated rings. The Hall–Kier alpha value is -2.47. The van der Waals surface area contributed by atoms with E-state index in [9.17, 15) is 13.6 Å². The van der Waals surface area contributed by atoms with E-state index >= 15 is 0 Å². The summed E-state index contributed by atoms with van der Waals surface area (Å²) < 4.78 is 29.1. The Balaban J connectivity index is 1.24. The van der Waals surface area contributed by atoms with Crippen LogP contribution in [0.5, 0.6) is 0 Å². The maximum absolute atomic E-state index is 13.7. The molecule has 2 unspecified atom stereocenters. The Kier molecular flexibility index (Phi) is 4.35. The Morgan fingerprint density at radius 1 is 1.17 bits per heavy atom. The molecule has 5 rings (SSSR count). The largest absolute Gasteiger partial charge is 0.349 e. The minimum Gasteiger partial charge on any atom is -0.349 e. The number of halogens is 3. The number of benzene rings is 2. The van der Waals surface area contributed by atoms with Gasteiger partial charge in [-0.2, -0.15) is 0 Å². The van der Waals surface area contributed by atoms with Crippen molar-refractivity contribution in [3.63, 3.8) is 0 Å². The van der Waals surface area contributed by atoms with Gasteiger partial charge in [-0.1, -0.05) is 11.6 Å². The summed E-state index contributed by atoms with van der Waals surface area (Å²) in [6, 6.07) is 9.56. The van der Waals surface area contributed by atoms with E-state index in [4.69, 9.17) is 11.6 Å². The summed E-state index contributed by atoms with van der Waals surface area (Å²) in [6.07, 6.45) is 3.60. The van der Waals surface area contributed by atoms with Crippen LogP contribution in [0.2, 0.25) is 5.02 Å². The van der Waals surface area contributed by atoms with Crippen molar-refractivity contribution < 1.29 is 13.6 Å². The molecule has 0 saturated heterocycles. The summed E-state index contributed by atoms with van der Waals surface area (Å²) in [5, 5.41) is 3.71. The van der Waals surface area contributed by atoms with Crippen LogP contribution in [0.25, 0.3) is 11.0 Å². The lowest BCUT2D eigenvalue weighted by Gasteiger charge is -2.21. The van der Waals surface area contributed by atoms with Gasteiger partial charge < -0.3 is 9.88 Å². The summed E-state index contributed by atoms with van der Waals surface area (Å²) >= 11 is 5.88. The smallest absolute Gasteiger partial charge is 0.251 e. The fraction of sp³-hybridized carbons (Fsp3) is 0.364. The number of hydrogen-bond donors (Lipinski definition) is 1. The molecule has 1 amide bonds. The van der Waals surface area contributed by atoms with E-state index in [1.807, 2.05) is 4.57 Å². The predicted molar refractivity (Wildman–Crippen MR) is 107 cm³/mol. The fourth-order valence-corrected chi connectivity index (χ4v) is 5.26. The standard InChI is InChI=1S/C22H20ClF2N3O/c1-11(27-22(29)12-2-4-13(23)5-3-12)21-15-6-14(7-16(15)21)28-10-26-19-8-17(24)18(25)9-20(19)28/h2-5,8-11,14-16,21H,6-7H2,1H3,(H,27,29)/t11-,14?,15-,16+,21?/m1/s1. The normalized spacial score (nSPS) is 26.3. The van der Waals surface area contributed by atoms with Crippen LogP contribution >= 0.6 is 11.6 Å². The number of hydrogen-bond acceptors (Lipinski definition) is 2. The van der Waals surface area contributed by atoms with Gasteiger partial charge in [-0.15, -0.1) is 0 Å². The number of nitrogens with one attached hydrogen (secondary N) is 1. The zero-order valence-electron chi connectivity index (χ0n) is 15.8. The quantitative estimate of drug-likeness (QED) is 0.653. The van der Waals surface area contributed by atoms with Crippen molar-refractivity contribution >= 4 is 28.5 Å². The van der Waals surface area contributed by atoms with Crippen molar-refractivity contribution in [1.29, 1.82) is 0 Å². The minimum absolute atomic E-state index is 0.0835. The number of carbonyl (C=O) groups is 1. The maximum Gasteiger partial charge on any atom is 0.251 e. The first kappa shape index (κ1) is 18.6. The molecule has 5 atom stereocenters. The number of amides is 1. The predicted octanol–water partition coefficient (Wildman–Crippen LogP) is 4.98. The van der Waals surface area contributed by atoms with E-state index in [2.05, 4.69) is 17.2 Å². The Bertz CT molecular complexity index is 1090. The van der Waals surface area contributed by atoms with E-state index in [-0.39, 0.29) is 18.0 Å². The fourth-order valence-electron chi connectivity index (χ4n) is 5.13. The van der Waals surface area contributed by atoms with E-state index in [1.165, 1.54) is 6.07 Å². The van der Waals surface area contributed by atoms with Gasteiger partial charge in [0.2, 0.25) is 0 Å². The minimum atomic E-state index is -0.873. The molecular formula is C22H20ClF2N3O. The average molecular weight is 416 g/mol. The van der Waals surface area contributed by atoms with E-state index in [1.54, 1.807) is 30.6 Å². The van der Waals surface area contributed by atoms with Crippen molar-refractivity contribution in [3.05, 3.63) is 64.9 Å². The molecule has 0 radical (unpaired) electrons. The third-order valence-electron chi connectivity index (χ3n) is 6.54. The molecule has 29 heavy (non-hydrogen) atoms. The van der Waals surface area contributed by atoms with Crippen LogP contribution in [0.1, 0.15) is 36.2 Å². The summed E-state index contributed by atoms with van der Waals surface area (Å²) in [6.45, 7) is 2.05. The number of fused-ring (bicyclic) bond motifs is 2. The van der Waals surface area contributed by atoms with Gasteiger partial charge in [0.1, 0.15) is 0 Å². The Morgan fingerprint density at radius 2 is 1.83 bits per heavy atom. The number of carbonyl (C=O) groups excluding carboxylic acids is 1. The van der Waals surface area contributed by atoms with Gasteiger partial charge >= 0.3 is 0 Å². The molecule has 1 aromatic heterocycles. The molecule has 0 spiro atoms. The third-order valence-corrected chi connectivity index (χ3v) is 6.79.